The Bertz CT molecular complexity index is 775. The van der Waals surface area contributed by atoms with Crippen LogP contribution in [0.3, 0.4) is 0 Å². The predicted octanol–water partition coefficient (Wildman–Crippen LogP) is 4.17. The van der Waals surface area contributed by atoms with Gasteiger partial charge in [0.2, 0.25) is 5.56 Å². The fourth-order valence-electron chi connectivity index (χ4n) is 2.85. The minimum Gasteiger partial charge on any atom is -0.369 e. The predicted molar refractivity (Wildman–Crippen MR) is 84.8 cm³/mol. The average molecular weight is 324 g/mol. The molecule has 0 radical (unpaired) electrons. The summed E-state index contributed by atoms with van der Waals surface area (Å²) in [5, 5.41) is 0.0380. The van der Waals surface area contributed by atoms with Crippen molar-refractivity contribution in [2.45, 2.75) is 38.9 Å². The van der Waals surface area contributed by atoms with E-state index in [1.165, 1.54) is 18.9 Å². The van der Waals surface area contributed by atoms with Gasteiger partial charge in [-0.2, -0.15) is 13.2 Å². The number of halogens is 3. The summed E-state index contributed by atoms with van der Waals surface area (Å²) in [5.41, 5.74) is -0.648. The van der Waals surface area contributed by atoms with Crippen molar-refractivity contribution in [3.05, 3.63) is 40.2 Å². The molecule has 1 aromatic carbocycles. The average Bonchev–Trinajstić information content (AvgIpc) is 3.26. The van der Waals surface area contributed by atoms with Gasteiger partial charge in [-0.3, -0.25) is 4.79 Å². The zero-order chi connectivity index (χ0) is 16.8. The van der Waals surface area contributed by atoms with E-state index in [0.717, 1.165) is 12.2 Å². The molecular weight excluding hydrogens is 305 g/mol. The molecule has 2 aromatic rings. The van der Waals surface area contributed by atoms with Gasteiger partial charge in [0.1, 0.15) is 0 Å². The zero-order valence-electron chi connectivity index (χ0n) is 13.1. The molecular formula is C17H19F3N2O. The lowest BCUT2D eigenvalue weighted by molar-refractivity contribution is -0.136. The van der Waals surface area contributed by atoms with Crippen LogP contribution in [0.25, 0.3) is 10.9 Å². The van der Waals surface area contributed by atoms with Gasteiger partial charge in [-0.05, 0) is 50.8 Å². The molecule has 3 rings (SSSR count). The van der Waals surface area contributed by atoms with Crippen molar-refractivity contribution in [3.8, 4) is 0 Å². The summed E-state index contributed by atoms with van der Waals surface area (Å²) in [4.78, 5) is 16.1. The summed E-state index contributed by atoms with van der Waals surface area (Å²) < 4.78 is 39.7. The molecule has 0 atom stereocenters. The van der Waals surface area contributed by atoms with Crippen LogP contribution >= 0.6 is 0 Å². The summed E-state index contributed by atoms with van der Waals surface area (Å²) in [6.45, 7) is 4.92. The van der Waals surface area contributed by atoms with E-state index in [1.807, 2.05) is 13.8 Å². The molecule has 0 spiro atoms. The highest BCUT2D eigenvalue weighted by atomic mass is 19.4. The first-order valence-corrected chi connectivity index (χ1v) is 7.76. The van der Waals surface area contributed by atoms with Gasteiger partial charge in [-0.15, -0.1) is 0 Å². The van der Waals surface area contributed by atoms with Crippen molar-refractivity contribution in [2.75, 3.05) is 11.4 Å². The Morgan fingerprint density at radius 2 is 1.96 bits per heavy atom. The van der Waals surface area contributed by atoms with E-state index >= 15 is 0 Å². The van der Waals surface area contributed by atoms with Crippen molar-refractivity contribution < 1.29 is 13.2 Å². The zero-order valence-corrected chi connectivity index (χ0v) is 13.1. The number of pyridine rings is 1. The first kappa shape index (κ1) is 15.9. The van der Waals surface area contributed by atoms with Gasteiger partial charge in [-0.1, -0.05) is 0 Å². The van der Waals surface area contributed by atoms with E-state index < -0.39 is 17.3 Å². The van der Waals surface area contributed by atoms with Gasteiger partial charge in [0.15, 0.2) is 0 Å². The quantitative estimate of drug-likeness (QED) is 0.916. The van der Waals surface area contributed by atoms with E-state index in [-0.39, 0.29) is 16.9 Å². The van der Waals surface area contributed by atoms with Crippen LogP contribution in [0, 0.1) is 5.92 Å². The molecule has 1 aliphatic rings. The normalized spacial score (nSPS) is 15.4. The SMILES string of the molecule is CC(C)N(CC1CC1)c1ccc2[nH]c(=O)cc(C(F)(F)F)c2c1. The Morgan fingerprint density at radius 3 is 2.52 bits per heavy atom. The summed E-state index contributed by atoms with van der Waals surface area (Å²) in [6, 6.07) is 5.71. The maximum atomic E-state index is 13.2. The second-order valence-electron chi connectivity index (χ2n) is 6.46. The number of hydrogen-bond donors (Lipinski definition) is 1. The van der Waals surface area contributed by atoms with Crippen LogP contribution in [-0.2, 0) is 6.18 Å². The molecule has 1 saturated carbocycles. The Balaban J connectivity index is 2.12. The Morgan fingerprint density at radius 1 is 1.26 bits per heavy atom. The van der Waals surface area contributed by atoms with Crippen molar-refractivity contribution in [3.63, 3.8) is 0 Å². The van der Waals surface area contributed by atoms with Crippen LogP contribution in [0.15, 0.2) is 29.1 Å². The van der Waals surface area contributed by atoms with E-state index in [1.54, 1.807) is 12.1 Å². The van der Waals surface area contributed by atoms with Gasteiger partial charge in [-0.25, -0.2) is 0 Å². The highest BCUT2D eigenvalue weighted by Crippen LogP contribution is 2.36. The fraction of sp³-hybridized carbons (Fsp3) is 0.471. The number of benzene rings is 1. The number of hydrogen-bond acceptors (Lipinski definition) is 2. The summed E-state index contributed by atoms with van der Waals surface area (Å²) in [7, 11) is 0. The highest BCUT2D eigenvalue weighted by Gasteiger charge is 2.33. The molecule has 1 aromatic heterocycles. The monoisotopic (exact) mass is 324 g/mol. The molecule has 0 aliphatic heterocycles. The fourth-order valence-corrected chi connectivity index (χ4v) is 2.85. The molecule has 3 nitrogen and oxygen atoms in total. The molecule has 6 heteroatoms. The van der Waals surface area contributed by atoms with E-state index in [4.69, 9.17) is 0 Å². The Labute approximate surface area is 132 Å². The number of fused-ring (bicyclic) bond motifs is 1. The molecule has 1 fully saturated rings. The van der Waals surface area contributed by atoms with Crippen molar-refractivity contribution >= 4 is 16.6 Å². The van der Waals surface area contributed by atoms with Crippen molar-refractivity contribution in [1.29, 1.82) is 0 Å². The van der Waals surface area contributed by atoms with Crippen LogP contribution in [0.5, 0.6) is 0 Å². The first-order chi connectivity index (χ1) is 10.8. The van der Waals surface area contributed by atoms with Gasteiger partial charge in [0.05, 0.1) is 5.56 Å². The summed E-state index contributed by atoms with van der Waals surface area (Å²) in [6.07, 6.45) is -2.19. The third-order valence-corrected chi connectivity index (χ3v) is 4.24. The number of aromatic nitrogens is 1. The standard InChI is InChI=1S/C17H19F3N2O/c1-10(2)22(9-11-3-4-11)12-5-6-15-13(7-12)14(17(18,19)20)8-16(23)21-15/h5-8,10-11H,3-4,9H2,1-2H3,(H,21,23). The van der Waals surface area contributed by atoms with Crippen molar-refractivity contribution in [2.24, 2.45) is 5.92 Å². The lowest BCUT2D eigenvalue weighted by Gasteiger charge is -2.29. The third-order valence-electron chi connectivity index (χ3n) is 4.24. The van der Waals surface area contributed by atoms with Gasteiger partial charge in [0, 0.05) is 35.2 Å². The number of alkyl halides is 3. The van der Waals surface area contributed by atoms with Gasteiger partial charge >= 0.3 is 6.18 Å². The second kappa shape index (κ2) is 5.58. The van der Waals surface area contributed by atoms with Crippen LogP contribution < -0.4 is 10.5 Å². The van der Waals surface area contributed by atoms with Crippen LogP contribution in [-0.4, -0.2) is 17.6 Å². The molecule has 1 aliphatic carbocycles. The highest BCUT2D eigenvalue weighted by molar-refractivity contribution is 5.86. The van der Waals surface area contributed by atoms with Crippen LogP contribution in [0.1, 0.15) is 32.3 Å². The maximum absolute atomic E-state index is 13.2. The Hall–Kier alpha value is -1.98. The lowest BCUT2D eigenvalue weighted by atomic mass is 10.1. The lowest BCUT2D eigenvalue weighted by Crippen LogP contribution is -2.32. The smallest absolute Gasteiger partial charge is 0.369 e. The van der Waals surface area contributed by atoms with E-state index in [9.17, 15) is 18.0 Å². The molecule has 23 heavy (non-hydrogen) atoms. The first-order valence-electron chi connectivity index (χ1n) is 7.76. The minimum atomic E-state index is -4.55. The topological polar surface area (TPSA) is 36.1 Å². The van der Waals surface area contributed by atoms with Crippen molar-refractivity contribution in [1.82, 2.24) is 4.98 Å². The molecule has 0 unspecified atom stereocenters. The molecule has 0 amide bonds. The molecule has 124 valence electrons. The van der Waals surface area contributed by atoms with Gasteiger partial charge < -0.3 is 9.88 Å². The van der Waals surface area contributed by atoms with E-state index in [2.05, 4.69) is 9.88 Å². The molecule has 1 heterocycles. The maximum Gasteiger partial charge on any atom is 0.417 e. The molecule has 0 bridgehead atoms. The number of nitrogens with one attached hydrogen (secondary N) is 1. The number of anilines is 1. The molecule has 1 N–H and O–H groups in total. The number of H-pyrrole nitrogens is 1. The van der Waals surface area contributed by atoms with Crippen LogP contribution in [0.2, 0.25) is 0 Å². The largest absolute Gasteiger partial charge is 0.417 e. The number of rotatable bonds is 4. The summed E-state index contributed by atoms with van der Waals surface area (Å²) in [5.74, 6) is 0.630. The molecule has 0 saturated heterocycles. The summed E-state index contributed by atoms with van der Waals surface area (Å²) >= 11 is 0. The number of nitrogens with zero attached hydrogens (tertiary/aromatic N) is 1. The minimum absolute atomic E-state index is 0.0380. The second-order valence-corrected chi connectivity index (χ2v) is 6.46. The van der Waals surface area contributed by atoms with Crippen LogP contribution in [0.4, 0.5) is 18.9 Å². The number of aromatic amines is 1. The third kappa shape index (κ3) is 3.35. The van der Waals surface area contributed by atoms with E-state index in [0.29, 0.717) is 12.0 Å². The van der Waals surface area contributed by atoms with Gasteiger partial charge in [0.25, 0.3) is 0 Å². The Kier molecular flexibility index (Phi) is 3.86.